The van der Waals surface area contributed by atoms with Gasteiger partial charge in [0.2, 0.25) is 0 Å². The Hall–Kier alpha value is -1.86. The first kappa shape index (κ1) is 16.5. The van der Waals surface area contributed by atoms with Gasteiger partial charge < -0.3 is 5.32 Å². The standard InChI is InChI=1S/C21H27N/c1-15(2)21-12-16(3)6-8-20(21)9-7-18-10-17(4)11-19(13-18)14-22-5/h6,8,10-13,22H,1,7,9,14H2,2-5H3. The summed E-state index contributed by atoms with van der Waals surface area (Å²) in [6.45, 7) is 11.5. The van der Waals surface area contributed by atoms with Crippen LogP contribution in [0.3, 0.4) is 0 Å². The zero-order valence-electron chi connectivity index (χ0n) is 14.3. The number of allylic oxidation sites excluding steroid dienone is 1. The highest BCUT2D eigenvalue weighted by Gasteiger charge is 2.05. The smallest absolute Gasteiger partial charge is 0.0202 e. The van der Waals surface area contributed by atoms with Crippen LogP contribution in [0.15, 0.2) is 43.0 Å². The average Bonchev–Trinajstić information content (AvgIpc) is 2.45. The van der Waals surface area contributed by atoms with Crippen LogP contribution in [0.4, 0.5) is 0 Å². The molecule has 0 radical (unpaired) electrons. The first-order valence-electron chi connectivity index (χ1n) is 7.99. The Labute approximate surface area is 135 Å². The molecule has 0 saturated heterocycles. The lowest BCUT2D eigenvalue weighted by molar-refractivity contribution is 0.813. The van der Waals surface area contributed by atoms with Crippen LogP contribution in [0.25, 0.3) is 5.57 Å². The number of nitrogens with one attached hydrogen (secondary N) is 1. The summed E-state index contributed by atoms with van der Waals surface area (Å²) < 4.78 is 0. The summed E-state index contributed by atoms with van der Waals surface area (Å²) in [7, 11) is 1.99. The quantitative estimate of drug-likeness (QED) is 0.803. The second kappa shape index (κ2) is 7.42. The van der Waals surface area contributed by atoms with Crippen LogP contribution < -0.4 is 5.32 Å². The third kappa shape index (κ3) is 4.32. The molecule has 0 aromatic heterocycles. The molecule has 0 heterocycles. The molecule has 2 aromatic carbocycles. The molecule has 0 spiro atoms. The lowest BCUT2D eigenvalue weighted by Crippen LogP contribution is -2.06. The molecule has 0 saturated carbocycles. The highest BCUT2D eigenvalue weighted by Crippen LogP contribution is 2.21. The van der Waals surface area contributed by atoms with Crippen molar-refractivity contribution < 1.29 is 0 Å². The van der Waals surface area contributed by atoms with E-state index in [1.165, 1.54) is 33.4 Å². The molecule has 0 bridgehead atoms. The Morgan fingerprint density at radius 2 is 1.68 bits per heavy atom. The van der Waals surface area contributed by atoms with Crippen molar-refractivity contribution in [3.8, 4) is 0 Å². The third-order valence-electron chi connectivity index (χ3n) is 3.99. The summed E-state index contributed by atoms with van der Waals surface area (Å²) in [5, 5.41) is 3.23. The highest BCUT2D eigenvalue weighted by molar-refractivity contribution is 5.65. The molecular weight excluding hydrogens is 266 g/mol. The summed E-state index contributed by atoms with van der Waals surface area (Å²) in [6.07, 6.45) is 2.13. The Balaban J connectivity index is 2.18. The predicted octanol–water partition coefficient (Wildman–Crippen LogP) is 4.84. The van der Waals surface area contributed by atoms with Gasteiger partial charge in [-0.3, -0.25) is 0 Å². The van der Waals surface area contributed by atoms with Crippen molar-refractivity contribution in [1.29, 1.82) is 0 Å². The Kier molecular flexibility index (Phi) is 5.57. The second-order valence-electron chi connectivity index (χ2n) is 6.30. The number of hydrogen-bond donors (Lipinski definition) is 1. The van der Waals surface area contributed by atoms with Crippen LogP contribution in [0.1, 0.15) is 40.3 Å². The molecule has 0 aliphatic rings. The lowest BCUT2D eigenvalue weighted by atomic mass is 9.94. The van der Waals surface area contributed by atoms with Crippen molar-refractivity contribution in [2.75, 3.05) is 7.05 Å². The average molecular weight is 293 g/mol. The molecule has 1 N–H and O–H groups in total. The fourth-order valence-electron chi connectivity index (χ4n) is 2.98. The van der Waals surface area contributed by atoms with E-state index in [1.54, 1.807) is 0 Å². The van der Waals surface area contributed by atoms with Gasteiger partial charge in [0.15, 0.2) is 0 Å². The largest absolute Gasteiger partial charge is 0.316 e. The highest BCUT2D eigenvalue weighted by atomic mass is 14.8. The fourth-order valence-corrected chi connectivity index (χ4v) is 2.98. The first-order chi connectivity index (χ1) is 10.5. The van der Waals surface area contributed by atoms with Crippen molar-refractivity contribution in [2.24, 2.45) is 0 Å². The number of benzene rings is 2. The van der Waals surface area contributed by atoms with Crippen molar-refractivity contribution in [3.05, 3.63) is 76.4 Å². The topological polar surface area (TPSA) is 12.0 Å². The van der Waals surface area contributed by atoms with E-state index in [-0.39, 0.29) is 0 Å². The number of aryl methyl sites for hydroxylation is 4. The third-order valence-corrected chi connectivity index (χ3v) is 3.99. The van der Waals surface area contributed by atoms with Gasteiger partial charge in [-0.15, -0.1) is 0 Å². The van der Waals surface area contributed by atoms with Gasteiger partial charge in [0, 0.05) is 6.54 Å². The number of rotatable bonds is 6. The summed E-state index contributed by atoms with van der Waals surface area (Å²) in [4.78, 5) is 0. The van der Waals surface area contributed by atoms with Crippen LogP contribution >= 0.6 is 0 Å². The van der Waals surface area contributed by atoms with Crippen molar-refractivity contribution in [2.45, 2.75) is 40.2 Å². The maximum atomic E-state index is 4.13. The molecule has 0 aliphatic carbocycles. The molecule has 2 rings (SSSR count). The van der Waals surface area contributed by atoms with Gasteiger partial charge >= 0.3 is 0 Å². The molecule has 1 nitrogen and oxygen atoms in total. The van der Waals surface area contributed by atoms with E-state index in [9.17, 15) is 0 Å². The van der Waals surface area contributed by atoms with Gasteiger partial charge in [0.25, 0.3) is 0 Å². The van der Waals surface area contributed by atoms with Crippen LogP contribution in [0, 0.1) is 13.8 Å². The second-order valence-corrected chi connectivity index (χ2v) is 6.30. The van der Waals surface area contributed by atoms with E-state index >= 15 is 0 Å². The lowest BCUT2D eigenvalue weighted by Gasteiger charge is -2.12. The molecule has 0 amide bonds. The van der Waals surface area contributed by atoms with E-state index in [4.69, 9.17) is 0 Å². The van der Waals surface area contributed by atoms with Gasteiger partial charge in [-0.05, 0) is 62.9 Å². The number of hydrogen-bond acceptors (Lipinski definition) is 1. The normalized spacial score (nSPS) is 10.7. The van der Waals surface area contributed by atoms with Crippen LogP contribution in [-0.4, -0.2) is 7.05 Å². The molecule has 0 aliphatic heterocycles. The summed E-state index contributed by atoms with van der Waals surface area (Å²) >= 11 is 0. The van der Waals surface area contributed by atoms with Crippen LogP contribution in [0.5, 0.6) is 0 Å². The van der Waals surface area contributed by atoms with E-state index in [0.717, 1.165) is 25.0 Å². The van der Waals surface area contributed by atoms with Crippen molar-refractivity contribution >= 4 is 5.57 Å². The predicted molar refractivity (Wildman–Crippen MR) is 97.2 cm³/mol. The molecule has 0 fully saturated rings. The maximum Gasteiger partial charge on any atom is 0.0202 e. The minimum absolute atomic E-state index is 0.927. The summed E-state index contributed by atoms with van der Waals surface area (Å²) in [5.41, 5.74) is 9.28. The maximum absolute atomic E-state index is 4.13. The molecule has 0 atom stereocenters. The monoisotopic (exact) mass is 293 g/mol. The van der Waals surface area contributed by atoms with Gasteiger partial charge in [0.05, 0.1) is 0 Å². The van der Waals surface area contributed by atoms with E-state index in [1.807, 2.05) is 7.05 Å². The van der Waals surface area contributed by atoms with Crippen LogP contribution in [-0.2, 0) is 19.4 Å². The minimum Gasteiger partial charge on any atom is -0.316 e. The van der Waals surface area contributed by atoms with E-state index in [2.05, 4.69) is 69.1 Å². The Morgan fingerprint density at radius 1 is 0.955 bits per heavy atom. The van der Waals surface area contributed by atoms with Crippen molar-refractivity contribution in [1.82, 2.24) is 5.32 Å². The van der Waals surface area contributed by atoms with E-state index < -0.39 is 0 Å². The zero-order chi connectivity index (χ0) is 16.1. The summed E-state index contributed by atoms with van der Waals surface area (Å²) in [5.74, 6) is 0. The van der Waals surface area contributed by atoms with E-state index in [0.29, 0.717) is 0 Å². The minimum atomic E-state index is 0.927. The molecule has 0 unspecified atom stereocenters. The van der Waals surface area contributed by atoms with Crippen LogP contribution in [0.2, 0.25) is 0 Å². The van der Waals surface area contributed by atoms with Crippen molar-refractivity contribution in [3.63, 3.8) is 0 Å². The van der Waals surface area contributed by atoms with Gasteiger partial charge in [0.1, 0.15) is 0 Å². The molecule has 2 aromatic rings. The van der Waals surface area contributed by atoms with Gasteiger partial charge in [-0.1, -0.05) is 59.7 Å². The molecule has 22 heavy (non-hydrogen) atoms. The van der Waals surface area contributed by atoms with Gasteiger partial charge in [-0.2, -0.15) is 0 Å². The summed E-state index contributed by atoms with van der Waals surface area (Å²) in [6, 6.07) is 13.6. The first-order valence-corrected chi connectivity index (χ1v) is 7.99. The Morgan fingerprint density at radius 3 is 2.36 bits per heavy atom. The molecule has 116 valence electrons. The van der Waals surface area contributed by atoms with Gasteiger partial charge in [-0.25, -0.2) is 0 Å². The Bertz CT molecular complexity index is 668. The fraction of sp³-hybridized carbons (Fsp3) is 0.333. The SMILES string of the molecule is C=C(C)c1cc(C)ccc1CCc1cc(C)cc(CNC)c1. The zero-order valence-corrected chi connectivity index (χ0v) is 14.3. The molecule has 1 heteroatoms. The molecular formula is C21H27N.